The quantitative estimate of drug-likeness (QED) is 0.664. The predicted octanol–water partition coefficient (Wildman–Crippen LogP) is 3.69. The summed E-state index contributed by atoms with van der Waals surface area (Å²) in [5, 5.41) is 2.19. The van der Waals surface area contributed by atoms with Crippen LogP contribution in [0.4, 0.5) is 0 Å². The van der Waals surface area contributed by atoms with Crippen LogP contribution in [0.15, 0.2) is 27.4 Å². The van der Waals surface area contributed by atoms with Gasteiger partial charge in [-0.1, -0.05) is 0 Å². The van der Waals surface area contributed by atoms with Gasteiger partial charge in [-0.05, 0) is 45.4 Å². The average molecular weight is 255 g/mol. The summed E-state index contributed by atoms with van der Waals surface area (Å²) in [5.74, 6) is 0.916. The van der Waals surface area contributed by atoms with E-state index in [9.17, 15) is 4.79 Å². The molecular formula is C16H17NO2. The molecule has 0 amide bonds. The van der Waals surface area contributed by atoms with Crippen molar-refractivity contribution in [2.24, 2.45) is 0 Å². The predicted molar refractivity (Wildman–Crippen MR) is 77.9 cm³/mol. The van der Waals surface area contributed by atoms with Gasteiger partial charge in [0.2, 0.25) is 0 Å². The Morgan fingerprint density at radius 3 is 2.63 bits per heavy atom. The number of benzene rings is 1. The molecule has 1 aromatic carbocycles. The maximum atomic E-state index is 12.2. The van der Waals surface area contributed by atoms with Gasteiger partial charge in [0.15, 0.2) is 0 Å². The molecule has 0 spiro atoms. The van der Waals surface area contributed by atoms with Gasteiger partial charge in [-0.25, -0.2) is 0 Å². The molecule has 0 radical (unpaired) electrons. The Kier molecular flexibility index (Phi) is 2.52. The molecule has 0 aliphatic rings. The van der Waals surface area contributed by atoms with Gasteiger partial charge in [0.05, 0.1) is 5.52 Å². The molecule has 0 atom stereocenters. The summed E-state index contributed by atoms with van der Waals surface area (Å²) in [5.41, 5.74) is 4.05. The fraction of sp³-hybridized carbons (Fsp3) is 0.312. The third-order valence-electron chi connectivity index (χ3n) is 3.92. The van der Waals surface area contributed by atoms with Crippen LogP contribution in [0.1, 0.15) is 23.8 Å². The van der Waals surface area contributed by atoms with Crippen LogP contribution >= 0.6 is 0 Å². The number of pyridine rings is 1. The first-order chi connectivity index (χ1) is 9.04. The number of hydrogen-bond acceptors (Lipinski definition) is 2. The Hall–Kier alpha value is -2.03. The highest BCUT2D eigenvalue weighted by Gasteiger charge is 2.15. The zero-order chi connectivity index (χ0) is 13.7. The minimum absolute atomic E-state index is 0.0539. The number of fused-ring (bicyclic) bond motifs is 3. The van der Waals surface area contributed by atoms with Crippen molar-refractivity contribution in [2.45, 2.75) is 34.2 Å². The van der Waals surface area contributed by atoms with Crippen LogP contribution in [0, 0.1) is 20.8 Å². The van der Waals surface area contributed by atoms with Crippen LogP contribution in [0.5, 0.6) is 0 Å². The zero-order valence-corrected chi connectivity index (χ0v) is 11.7. The molecule has 3 aromatic rings. The first-order valence-corrected chi connectivity index (χ1v) is 6.57. The fourth-order valence-electron chi connectivity index (χ4n) is 2.80. The molecule has 0 saturated carbocycles. The molecule has 3 rings (SSSR count). The van der Waals surface area contributed by atoms with E-state index < -0.39 is 0 Å². The van der Waals surface area contributed by atoms with E-state index in [0.717, 1.165) is 38.8 Å². The van der Waals surface area contributed by atoms with Crippen molar-refractivity contribution in [1.29, 1.82) is 0 Å². The zero-order valence-electron chi connectivity index (χ0n) is 11.7. The van der Waals surface area contributed by atoms with E-state index >= 15 is 0 Å². The molecule has 98 valence electrons. The van der Waals surface area contributed by atoms with Gasteiger partial charge in [-0.2, -0.15) is 0 Å². The molecule has 19 heavy (non-hydrogen) atoms. The Morgan fingerprint density at radius 2 is 1.95 bits per heavy atom. The van der Waals surface area contributed by atoms with Crippen molar-refractivity contribution in [3.05, 3.63) is 45.4 Å². The van der Waals surface area contributed by atoms with Crippen molar-refractivity contribution in [1.82, 2.24) is 4.57 Å². The van der Waals surface area contributed by atoms with E-state index in [4.69, 9.17) is 4.42 Å². The van der Waals surface area contributed by atoms with Gasteiger partial charge in [0.25, 0.3) is 5.56 Å². The first-order valence-electron chi connectivity index (χ1n) is 6.57. The lowest BCUT2D eigenvalue weighted by Crippen LogP contribution is -2.19. The van der Waals surface area contributed by atoms with E-state index in [-0.39, 0.29) is 5.56 Å². The highest BCUT2D eigenvalue weighted by molar-refractivity contribution is 6.06. The Labute approximate surface area is 111 Å². The molecule has 2 heterocycles. The fourth-order valence-corrected chi connectivity index (χ4v) is 2.80. The second kappa shape index (κ2) is 3.98. The molecule has 0 bridgehead atoms. The Morgan fingerprint density at radius 1 is 1.21 bits per heavy atom. The second-order valence-electron chi connectivity index (χ2n) is 5.03. The van der Waals surface area contributed by atoms with Gasteiger partial charge >= 0.3 is 0 Å². The summed E-state index contributed by atoms with van der Waals surface area (Å²) >= 11 is 0. The van der Waals surface area contributed by atoms with Crippen molar-refractivity contribution in [2.75, 3.05) is 0 Å². The van der Waals surface area contributed by atoms with E-state index in [1.807, 2.05) is 44.4 Å². The molecule has 0 unspecified atom stereocenters. The standard InChI is InChI=1S/C16H17NO2/c1-5-17-14(18)8-9(2)12-6-7-13-15(16(12)17)10(3)11(4)19-13/h6-8H,5H2,1-4H3. The van der Waals surface area contributed by atoms with Crippen molar-refractivity contribution >= 4 is 21.9 Å². The van der Waals surface area contributed by atoms with Crippen molar-refractivity contribution < 1.29 is 4.42 Å². The Balaban J connectivity index is 2.70. The minimum Gasteiger partial charge on any atom is -0.461 e. The summed E-state index contributed by atoms with van der Waals surface area (Å²) in [6.45, 7) is 8.66. The lowest BCUT2D eigenvalue weighted by molar-refractivity contribution is 0.575. The lowest BCUT2D eigenvalue weighted by Gasteiger charge is -2.11. The maximum Gasteiger partial charge on any atom is 0.251 e. The second-order valence-corrected chi connectivity index (χ2v) is 5.03. The van der Waals surface area contributed by atoms with Crippen molar-refractivity contribution in [3.8, 4) is 0 Å². The number of hydrogen-bond donors (Lipinski definition) is 0. The highest BCUT2D eigenvalue weighted by Crippen LogP contribution is 2.32. The van der Waals surface area contributed by atoms with E-state index in [1.165, 1.54) is 0 Å². The number of furan rings is 1. The van der Waals surface area contributed by atoms with E-state index in [0.29, 0.717) is 6.54 Å². The Bertz CT molecular complexity index is 853. The smallest absolute Gasteiger partial charge is 0.251 e. The molecule has 3 nitrogen and oxygen atoms in total. The lowest BCUT2D eigenvalue weighted by atomic mass is 10.0. The minimum atomic E-state index is 0.0539. The number of nitrogens with zero attached hydrogens (tertiary/aromatic N) is 1. The third-order valence-corrected chi connectivity index (χ3v) is 3.92. The number of aromatic nitrogens is 1. The van der Waals surface area contributed by atoms with Crippen LogP contribution in [-0.4, -0.2) is 4.57 Å². The monoisotopic (exact) mass is 255 g/mol. The molecular weight excluding hydrogens is 238 g/mol. The van der Waals surface area contributed by atoms with E-state index in [2.05, 4.69) is 0 Å². The molecule has 2 aromatic heterocycles. The summed E-state index contributed by atoms with van der Waals surface area (Å²) < 4.78 is 7.60. The van der Waals surface area contributed by atoms with Crippen LogP contribution in [0.3, 0.4) is 0 Å². The molecule has 0 fully saturated rings. The maximum absolute atomic E-state index is 12.2. The molecule has 0 aliphatic heterocycles. The molecule has 0 N–H and O–H groups in total. The van der Waals surface area contributed by atoms with Crippen LogP contribution in [0.2, 0.25) is 0 Å². The van der Waals surface area contributed by atoms with Gasteiger partial charge in [0, 0.05) is 28.9 Å². The van der Waals surface area contributed by atoms with Gasteiger partial charge in [-0.3, -0.25) is 4.79 Å². The van der Waals surface area contributed by atoms with Gasteiger partial charge < -0.3 is 8.98 Å². The average Bonchev–Trinajstić information content (AvgIpc) is 2.65. The largest absolute Gasteiger partial charge is 0.461 e. The molecule has 0 aliphatic carbocycles. The summed E-state index contributed by atoms with van der Waals surface area (Å²) in [7, 11) is 0. The van der Waals surface area contributed by atoms with Crippen LogP contribution in [-0.2, 0) is 6.54 Å². The van der Waals surface area contributed by atoms with Gasteiger partial charge in [-0.15, -0.1) is 0 Å². The first kappa shape index (κ1) is 12.0. The molecule has 0 saturated heterocycles. The summed E-state index contributed by atoms with van der Waals surface area (Å²) in [6, 6.07) is 5.75. The number of rotatable bonds is 1. The highest BCUT2D eigenvalue weighted by atomic mass is 16.3. The third kappa shape index (κ3) is 1.54. The van der Waals surface area contributed by atoms with Gasteiger partial charge in [0.1, 0.15) is 11.3 Å². The molecule has 3 heteroatoms. The normalized spacial score (nSPS) is 11.6. The van der Waals surface area contributed by atoms with E-state index in [1.54, 1.807) is 6.07 Å². The SMILES string of the molecule is CCn1c(=O)cc(C)c2ccc3oc(C)c(C)c3c21. The van der Waals surface area contributed by atoms with Crippen LogP contribution in [0.25, 0.3) is 21.9 Å². The van der Waals surface area contributed by atoms with Crippen LogP contribution < -0.4 is 5.56 Å². The summed E-state index contributed by atoms with van der Waals surface area (Å²) in [4.78, 5) is 12.2. The van der Waals surface area contributed by atoms with Crippen molar-refractivity contribution in [3.63, 3.8) is 0 Å². The number of aryl methyl sites for hydroxylation is 4. The topological polar surface area (TPSA) is 35.1 Å². The summed E-state index contributed by atoms with van der Waals surface area (Å²) in [6.07, 6.45) is 0.